The number of halogens is 1. The van der Waals surface area contributed by atoms with Gasteiger partial charge in [-0.2, -0.15) is 0 Å². The molecule has 0 atom stereocenters. The summed E-state index contributed by atoms with van der Waals surface area (Å²) >= 11 is 5.48. The number of hydrogen-bond acceptors (Lipinski definition) is 1. The van der Waals surface area contributed by atoms with Gasteiger partial charge >= 0.3 is 0 Å². The molecule has 0 spiro atoms. The van der Waals surface area contributed by atoms with Crippen LogP contribution in [0.25, 0.3) is 0 Å². The first-order valence-corrected chi connectivity index (χ1v) is 3.33. The van der Waals surface area contributed by atoms with Gasteiger partial charge in [0.25, 0.3) is 0 Å². The molecule has 1 aromatic rings. The second kappa shape index (κ2) is 2.92. The maximum absolute atomic E-state index is 5.48. The monoisotopic (exact) mass is 143 g/mol. The fraction of sp³-hybridized carbons (Fsp3) is 0.286. The minimum Gasteiger partial charge on any atom is -0.465 e. The van der Waals surface area contributed by atoms with Crippen LogP contribution >= 0.6 is 11.6 Å². The van der Waals surface area contributed by atoms with Crippen molar-refractivity contribution in [2.24, 2.45) is 0 Å². The van der Waals surface area contributed by atoms with Gasteiger partial charge in [0.2, 0.25) is 0 Å². The molecule has 0 unspecified atom stereocenters. The molecule has 49 valence electrons. The first-order valence-electron chi connectivity index (χ1n) is 2.79. The molecule has 1 heterocycles. The van der Waals surface area contributed by atoms with Gasteiger partial charge in [-0.15, -0.1) is 11.6 Å². The van der Waals surface area contributed by atoms with Gasteiger partial charge in [0.1, 0.15) is 11.5 Å². The summed E-state index contributed by atoms with van der Waals surface area (Å²) in [5.41, 5.74) is 0. The number of furan rings is 1. The van der Waals surface area contributed by atoms with Crippen LogP contribution in [-0.2, 0) is 12.3 Å². The lowest BCUT2D eigenvalue weighted by Crippen LogP contribution is -1.70. The highest BCUT2D eigenvalue weighted by Gasteiger charge is 1.95. The summed E-state index contributed by atoms with van der Waals surface area (Å²) in [5.74, 6) is 2.15. The van der Waals surface area contributed by atoms with Crippen molar-refractivity contribution < 1.29 is 4.42 Å². The Morgan fingerprint density at radius 3 is 2.44 bits per heavy atom. The Hall–Kier alpha value is -0.430. The highest BCUT2D eigenvalue weighted by molar-refractivity contribution is 6.16. The zero-order valence-electron chi connectivity index (χ0n) is 5.06. The van der Waals surface area contributed by atoms with E-state index in [1.165, 1.54) is 0 Å². The van der Waals surface area contributed by atoms with Gasteiger partial charge in [0.05, 0.1) is 5.88 Å². The normalized spacial score (nSPS) is 10.0. The van der Waals surface area contributed by atoms with Crippen molar-refractivity contribution in [3.8, 4) is 0 Å². The van der Waals surface area contributed by atoms with Crippen molar-refractivity contribution in [3.05, 3.63) is 30.6 Å². The summed E-state index contributed by atoms with van der Waals surface area (Å²) in [4.78, 5) is 0. The Labute approximate surface area is 59.6 Å². The first kappa shape index (κ1) is 6.69. The Kier molecular flexibility index (Phi) is 2.17. The quantitative estimate of drug-likeness (QED) is 0.580. The average Bonchev–Trinajstić information content (AvgIpc) is 2.34. The maximum atomic E-state index is 5.48. The molecule has 1 radical (unpaired) electrons. The second-order valence-corrected chi connectivity index (χ2v) is 2.02. The lowest BCUT2D eigenvalue weighted by atomic mass is 10.4. The Balaban J connectivity index is 2.74. The Morgan fingerprint density at radius 2 is 2.11 bits per heavy atom. The predicted octanol–water partition coefficient (Wildman–Crippen LogP) is 2.39. The van der Waals surface area contributed by atoms with E-state index in [1.807, 2.05) is 12.1 Å². The molecule has 9 heavy (non-hydrogen) atoms. The van der Waals surface area contributed by atoms with Crippen molar-refractivity contribution >= 4 is 11.6 Å². The minimum absolute atomic E-state index is 0.444. The van der Waals surface area contributed by atoms with Crippen LogP contribution in [0.2, 0.25) is 0 Å². The van der Waals surface area contributed by atoms with E-state index in [0.717, 1.165) is 11.5 Å². The number of alkyl halides is 1. The lowest BCUT2D eigenvalue weighted by molar-refractivity contribution is 0.490. The van der Waals surface area contributed by atoms with Crippen molar-refractivity contribution in [3.63, 3.8) is 0 Å². The minimum atomic E-state index is 0.444. The molecule has 1 rings (SSSR count). The van der Waals surface area contributed by atoms with Crippen molar-refractivity contribution in [2.45, 2.75) is 12.3 Å². The summed E-state index contributed by atoms with van der Waals surface area (Å²) in [6, 6.07) is 3.76. The van der Waals surface area contributed by atoms with E-state index in [-0.39, 0.29) is 0 Å². The van der Waals surface area contributed by atoms with E-state index in [1.54, 1.807) is 0 Å². The molecule has 2 heteroatoms. The van der Waals surface area contributed by atoms with Crippen LogP contribution in [-0.4, -0.2) is 0 Å². The highest BCUT2D eigenvalue weighted by Crippen LogP contribution is 2.09. The van der Waals surface area contributed by atoms with Crippen molar-refractivity contribution in [1.82, 2.24) is 0 Å². The molecule has 0 saturated carbocycles. The van der Waals surface area contributed by atoms with Gasteiger partial charge in [0, 0.05) is 6.42 Å². The molecule has 0 aliphatic carbocycles. The van der Waals surface area contributed by atoms with E-state index >= 15 is 0 Å². The smallest absolute Gasteiger partial charge is 0.118 e. The van der Waals surface area contributed by atoms with Gasteiger partial charge in [-0.25, -0.2) is 0 Å². The third kappa shape index (κ3) is 1.49. The summed E-state index contributed by atoms with van der Waals surface area (Å²) in [6.45, 7) is 3.67. The molecule has 0 aromatic carbocycles. The predicted molar refractivity (Wildman–Crippen MR) is 37.3 cm³/mol. The van der Waals surface area contributed by atoms with Gasteiger partial charge < -0.3 is 4.42 Å². The van der Waals surface area contributed by atoms with Gasteiger partial charge in [-0.05, 0) is 19.1 Å². The highest BCUT2D eigenvalue weighted by atomic mass is 35.5. The molecular weight excluding hydrogens is 136 g/mol. The summed E-state index contributed by atoms with van der Waals surface area (Å²) in [7, 11) is 0. The molecule has 0 bridgehead atoms. The van der Waals surface area contributed by atoms with E-state index in [9.17, 15) is 0 Å². The third-order valence-corrected chi connectivity index (χ3v) is 1.36. The van der Waals surface area contributed by atoms with Gasteiger partial charge in [0.15, 0.2) is 0 Å². The molecule has 0 aliphatic heterocycles. The van der Waals surface area contributed by atoms with Crippen LogP contribution < -0.4 is 0 Å². The molecule has 0 saturated heterocycles. The molecule has 0 fully saturated rings. The molecule has 0 N–H and O–H groups in total. The van der Waals surface area contributed by atoms with Crippen LogP contribution in [0.1, 0.15) is 11.5 Å². The summed E-state index contributed by atoms with van der Waals surface area (Å²) in [5, 5.41) is 0. The van der Waals surface area contributed by atoms with E-state index < -0.39 is 0 Å². The van der Waals surface area contributed by atoms with Crippen LogP contribution in [0.4, 0.5) is 0 Å². The van der Waals surface area contributed by atoms with E-state index in [2.05, 4.69) is 6.92 Å². The SMILES string of the molecule is [CH2]Cc1ccc(CCl)o1. The van der Waals surface area contributed by atoms with Gasteiger partial charge in [-0.1, -0.05) is 0 Å². The fourth-order valence-corrected chi connectivity index (χ4v) is 0.772. The van der Waals surface area contributed by atoms with Crippen LogP contribution in [0, 0.1) is 6.92 Å². The number of hydrogen-bond donors (Lipinski definition) is 0. The first-order chi connectivity index (χ1) is 4.36. The lowest BCUT2D eigenvalue weighted by Gasteiger charge is -1.85. The average molecular weight is 144 g/mol. The van der Waals surface area contributed by atoms with Crippen LogP contribution in [0.15, 0.2) is 16.5 Å². The topological polar surface area (TPSA) is 13.1 Å². The third-order valence-electron chi connectivity index (χ3n) is 1.10. The molecule has 0 amide bonds. The summed E-state index contributed by atoms with van der Waals surface area (Å²) < 4.78 is 5.19. The largest absolute Gasteiger partial charge is 0.465 e. The van der Waals surface area contributed by atoms with Crippen LogP contribution in [0.3, 0.4) is 0 Å². The van der Waals surface area contributed by atoms with E-state index in [4.69, 9.17) is 16.0 Å². The Morgan fingerprint density at radius 1 is 1.44 bits per heavy atom. The zero-order chi connectivity index (χ0) is 6.69. The zero-order valence-corrected chi connectivity index (χ0v) is 5.82. The molecule has 1 nitrogen and oxygen atoms in total. The molecular formula is C7H8ClO. The van der Waals surface area contributed by atoms with Gasteiger partial charge in [-0.3, -0.25) is 0 Å². The second-order valence-electron chi connectivity index (χ2n) is 1.75. The molecule has 0 aliphatic rings. The van der Waals surface area contributed by atoms with Crippen molar-refractivity contribution in [1.29, 1.82) is 0 Å². The number of rotatable bonds is 2. The standard InChI is InChI=1S/C7H8ClO/c1-2-6-3-4-7(5-8)9-6/h3-4H,1-2,5H2. The fourth-order valence-electron chi connectivity index (χ4n) is 0.629. The van der Waals surface area contributed by atoms with Crippen molar-refractivity contribution in [2.75, 3.05) is 0 Å². The maximum Gasteiger partial charge on any atom is 0.118 e. The molecule has 1 aromatic heterocycles. The summed E-state index contributed by atoms with van der Waals surface area (Å²) in [6.07, 6.45) is 0.691. The Bertz CT molecular complexity index is 162. The van der Waals surface area contributed by atoms with E-state index in [0.29, 0.717) is 12.3 Å². The van der Waals surface area contributed by atoms with Crippen LogP contribution in [0.5, 0.6) is 0 Å².